The van der Waals surface area contributed by atoms with Crippen molar-refractivity contribution in [1.29, 1.82) is 0 Å². The Morgan fingerprint density at radius 3 is 2.72 bits per heavy atom. The maximum atomic E-state index is 11.8. The van der Waals surface area contributed by atoms with Gasteiger partial charge in [0.2, 0.25) is 0 Å². The molecule has 1 atom stereocenters. The van der Waals surface area contributed by atoms with E-state index in [1.54, 1.807) is 4.90 Å². The summed E-state index contributed by atoms with van der Waals surface area (Å²) in [6.07, 6.45) is 1.75. The van der Waals surface area contributed by atoms with E-state index in [0.717, 1.165) is 19.4 Å². The summed E-state index contributed by atoms with van der Waals surface area (Å²) in [4.78, 5) is 13.6. The van der Waals surface area contributed by atoms with Crippen LogP contribution < -0.4 is 5.73 Å². The number of rotatable bonds is 1. The van der Waals surface area contributed by atoms with E-state index in [9.17, 15) is 4.79 Å². The minimum absolute atomic E-state index is 0.154. The van der Waals surface area contributed by atoms with Crippen molar-refractivity contribution in [1.82, 2.24) is 4.90 Å². The normalized spacial score (nSPS) is 26.9. The van der Waals surface area contributed by atoms with Crippen LogP contribution in [0.2, 0.25) is 0 Å². The van der Waals surface area contributed by atoms with E-state index in [2.05, 4.69) is 0 Å². The molecule has 0 saturated carbocycles. The van der Waals surface area contributed by atoms with Crippen LogP contribution in [0.5, 0.6) is 0 Å². The number of carbonyl (C=O) groups excluding carboxylic acids is 1. The molecule has 0 bridgehead atoms. The van der Waals surface area contributed by atoms with Crippen molar-refractivity contribution in [2.24, 2.45) is 11.7 Å². The van der Waals surface area contributed by atoms with Crippen molar-refractivity contribution >= 4 is 6.09 Å². The number of hydrogen-bond donors (Lipinski definition) is 1. The number of amides is 1. The van der Waals surface area contributed by atoms with Crippen molar-refractivity contribution in [3.05, 3.63) is 0 Å². The van der Waals surface area contributed by atoms with Crippen molar-refractivity contribution in [3.8, 4) is 0 Å². The number of carbonyl (C=O) groups is 1. The van der Waals surface area contributed by atoms with Gasteiger partial charge in [-0.3, -0.25) is 0 Å². The summed E-state index contributed by atoms with van der Waals surface area (Å²) in [6.45, 7) is 8.37. The lowest BCUT2D eigenvalue weighted by Crippen LogP contribution is -2.67. The summed E-state index contributed by atoms with van der Waals surface area (Å²) < 4.78 is 11.2. The van der Waals surface area contributed by atoms with E-state index in [1.165, 1.54) is 0 Å². The molecule has 18 heavy (non-hydrogen) atoms. The third-order valence-corrected chi connectivity index (χ3v) is 3.54. The van der Waals surface area contributed by atoms with Gasteiger partial charge in [0.05, 0.1) is 13.1 Å². The second-order valence-electron chi connectivity index (χ2n) is 6.46. The lowest BCUT2D eigenvalue weighted by molar-refractivity contribution is -0.171. The highest BCUT2D eigenvalue weighted by Gasteiger charge is 2.50. The van der Waals surface area contributed by atoms with Crippen molar-refractivity contribution in [3.63, 3.8) is 0 Å². The molecule has 2 aliphatic rings. The topological polar surface area (TPSA) is 64.8 Å². The Morgan fingerprint density at radius 2 is 2.17 bits per heavy atom. The average molecular weight is 256 g/mol. The van der Waals surface area contributed by atoms with Crippen LogP contribution >= 0.6 is 0 Å². The number of ether oxygens (including phenoxy) is 2. The first kappa shape index (κ1) is 13.6. The number of hydrogen-bond acceptors (Lipinski definition) is 4. The molecule has 1 spiro atoms. The zero-order valence-electron chi connectivity index (χ0n) is 11.6. The van der Waals surface area contributed by atoms with Crippen LogP contribution in [-0.2, 0) is 9.47 Å². The molecule has 0 aromatic rings. The van der Waals surface area contributed by atoms with Gasteiger partial charge < -0.3 is 20.1 Å². The fourth-order valence-electron chi connectivity index (χ4n) is 2.66. The van der Waals surface area contributed by atoms with Crippen LogP contribution in [0.15, 0.2) is 0 Å². The summed E-state index contributed by atoms with van der Waals surface area (Å²) in [5.41, 5.74) is 5.13. The van der Waals surface area contributed by atoms with Gasteiger partial charge in [-0.25, -0.2) is 4.79 Å². The fourth-order valence-corrected chi connectivity index (χ4v) is 2.66. The number of likely N-dealkylation sites (tertiary alicyclic amines) is 1. The van der Waals surface area contributed by atoms with E-state index < -0.39 is 5.60 Å². The molecule has 0 aromatic carbocycles. The monoisotopic (exact) mass is 256 g/mol. The van der Waals surface area contributed by atoms with Gasteiger partial charge in [-0.15, -0.1) is 0 Å². The Labute approximate surface area is 109 Å². The molecule has 1 unspecified atom stereocenters. The number of nitrogens with two attached hydrogens (primary N) is 1. The minimum Gasteiger partial charge on any atom is -0.444 e. The summed E-state index contributed by atoms with van der Waals surface area (Å²) in [5.74, 6) is 0.527. The van der Waals surface area contributed by atoms with Crippen molar-refractivity contribution in [2.75, 3.05) is 26.2 Å². The molecular weight excluding hydrogens is 232 g/mol. The Kier molecular flexibility index (Phi) is 3.56. The Bertz CT molecular complexity index is 319. The van der Waals surface area contributed by atoms with Crippen LogP contribution in [0.1, 0.15) is 33.6 Å². The van der Waals surface area contributed by atoms with Crippen LogP contribution in [0.3, 0.4) is 0 Å². The van der Waals surface area contributed by atoms with Gasteiger partial charge in [-0.05, 0) is 46.1 Å². The first-order chi connectivity index (χ1) is 8.34. The van der Waals surface area contributed by atoms with Crippen LogP contribution in [0.25, 0.3) is 0 Å². The lowest BCUT2D eigenvalue weighted by atomic mass is 9.81. The molecule has 2 heterocycles. The predicted octanol–water partition coefficient (Wildman–Crippen LogP) is 1.36. The first-order valence-electron chi connectivity index (χ1n) is 6.65. The Morgan fingerprint density at radius 1 is 1.50 bits per heavy atom. The molecule has 2 N–H and O–H groups in total. The molecule has 2 rings (SSSR count). The smallest absolute Gasteiger partial charge is 0.410 e. The van der Waals surface area contributed by atoms with Crippen LogP contribution in [0, 0.1) is 5.92 Å². The third-order valence-electron chi connectivity index (χ3n) is 3.54. The summed E-state index contributed by atoms with van der Waals surface area (Å²) in [7, 11) is 0. The van der Waals surface area contributed by atoms with Crippen molar-refractivity contribution < 1.29 is 14.3 Å². The molecule has 0 radical (unpaired) electrons. The standard InChI is InChI=1S/C13H24N2O3/c1-12(2,3)18-11(16)15-8-13(9-15)6-10(7-14)4-5-17-13/h10H,4-9,14H2,1-3H3. The van der Waals surface area contributed by atoms with E-state index in [4.69, 9.17) is 15.2 Å². The summed E-state index contributed by atoms with van der Waals surface area (Å²) in [6, 6.07) is 0. The second kappa shape index (κ2) is 4.70. The molecule has 2 saturated heterocycles. The Hall–Kier alpha value is -0.810. The predicted molar refractivity (Wildman–Crippen MR) is 68.3 cm³/mol. The maximum absolute atomic E-state index is 11.8. The fraction of sp³-hybridized carbons (Fsp3) is 0.923. The lowest BCUT2D eigenvalue weighted by Gasteiger charge is -2.52. The molecule has 104 valence electrons. The van der Waals surface area contributed by atoms with E-state index >= 15 is 0 Å². The quantitative estimate of drug-likeness (QED) is 0.769. The SMILES string of the molecule is CC(C)(C)OC(=O)N1CC2(CC(CN)CCO2)C1. The summed E-state index contributed by atoms with van der Waals surface area (Å²) >= 11 is 0. The molecule has 2 fully saturated rings. The van der Waals surface area contributed by atoms with Gasteiger partial charge in [-0.2, -0.15) is 0 Å². The average Bonchev–Trinajstić information content (AvgIpc) is 2.23. The van der Waals surface area contributed by atoms with Crippen molar-refractivity contribution in [2.45, 2.75) is 44.8 Å². The second-order valence-corrected chi connectivity index (χ2v) is 6.46. The van der Waals surface area contributed by atoms with E-state index in [0.29, 0.717) is 25.6 Å². The third kappa shape index (κ3) is 2.95. The molecule has 2 aliphatic heterocycles. The van der Waals surface area contributed by atoms with Gasteiger partial charge in [0, 0.05) is 6.61 Å². The Balaban J connectivity index is 1.84. The molecule has 5 nitrogen and oxygen atoms in total. The molecule has 0 aromatic heterocycles. The highest BCUT2D eigenvalue weighted by Crippen LogP contribution is 2.37. The minimum atomic E-state index is -0.437. The molecule has 1 amide bonds. The van der Waals surface area contributed by atoms with Gasteiger partial charge in [0.25, 0.3) is 0 Å². The van der Waals surface area contributed by atoms with Gasteiger partial charge in [-0.1, -0.05) is 0 Å². The maximum Gasteiger partial charge on any atom is 0.410 e. The van der Waals surface area contributed by atoms with Crippen LogP contribution in [0.4, 0.5) is 4.79 Å². The zero-order valence-corrected chi connectivity index (χ0v) is 11.6. The summed E-state index contributed by atoms with van der Waals surface area (Å²) in [5, 5.41) is 0. The largest absolute Gasteiger partial charge is 0.444 e. The van der Waals surface area contributed by atoms with E-state index in [-0.39, 0.29) is 11.7 Å². The molecule has 5 heteroatoms. The highest BCUT2D eigenvalue weighted by molar-refractivity contribution is 5.69. The highest BCUT2D eigenvalue weighted by atomic mass is 16.6. The molecular formula is C13H24N2O3. The first-order valence-corrected chi connectivity index (χ1v) is 6.65. The van der Waals surface area contributed by atoms with Gasteiger partial charge in [0.15, 0.2) is 0 Å². The zero-order chi connectivity index (χ0) is 13.4. The molecule has 0 aliphatic carbocycles. The van der Waals surface area contributed by atoms with E-state index in [1.807, 2.05) is 20.8 Å². The van der Waals surface area contributed by atoms with Crippen LogP contribution in [-0.4, -0.2) is 48.4 Å². The van der Waals surface area contributed by atoms with Gasteiger partial charge >= 0.3 is 6.09 Å². The van der Waals surface area contributed by atoms with Gasteiger partial charge in [0.1, 0.15) is 11.2 Å². The number of nitrogens with zero attached hydrogens (tertiary/aromatic N) is 1.